The second kappa shape index (κ2) is 8.19. The molecule has 2 aromatic carbocycles. The largest absolute Gasteiger partial charge is 0.324 e. The summed E-state index contributed by atoms with van der Waals surface area (Å²) in [6, 6.07) is 14.0. The van der Waals surface area contributed by atoms with E-state index >= 15 is 0 Å². The Bertz CT molecular complexity index is 1330. The van der Waals surface area contributed by atoms with Crippen LogP contribution in [0.25, 0.3) is 11.4 Å². The molecule has 5 rings (SSSR count). The molecule has 0 spiro atoms. The second-order valence-corrected chi connectivity index (χ2v) is 9.45. The van der Waals surface area contributed by atoms with Crippen LogP contribution in [0.15, 0.2) is 58.4 Å². The third kappa shape index (κ3) is 3.89. The number of aliphatic imine (C=N–C) groups is 1. The first kappa shape index (κ1) is 20.4. The number of fused-ring (bicyclic) bond motifs is 2. The van der Waals surface area contributed by atoms with Crippen LogP contribution in [-0.4, -0.2) is 41.5 Å². The maximum Gasteiger partial charge on any atom is 0.263 e. The van der Waals surface area contributed by atoms with Gasteiger partial charge in [0.05, 0.1) is 4.90 Å². The van der Waals surface area contributed by atoms with E-state index in [0.717, 1.165) is 43.0 Å². The Morgan fingerprint density at radius 3 is 2.88 bits per heavy atom. The van der Waals surface area contributed by atoms with Crippen molar-refractivity contribution in [2.75, 3.05) is 11.9 Å². The number of carbonyl (C=O) groups is 1. The number of nitrogens with one attached hydrogen (secondary N) is 2. The topological polar surface area (TPSA) is 118 Å². The van der Waals surface area contributed by atoms with Crippen molar-refractivity contribution in [3.63, 3.8) is 0 Å². The number of amidine groups is 1. The number of nitrogens with zero attached hydrogens (tertiary/aromatic N) is 4. The van der Waals surface area contributed by atoms with Crippen molar-refractivity contribution in [2.45, 2.75) is 37.1 Å². The summed E-state index contributed by atoms with van der Waals surface area (Å²) in [7, 11) is -3.63. The summed E-state index contributed by atoms with van der Waals surface area (Å²) in [4.78, 5) is 16.8. The molecular weight excluding hydrogens is 428 g/mol. The monoisotopic (exact) mass is 450 g/mol. The molecule has 0 aliphatic carbocycles. The molecule has 0 saturated heterocycles. The lowest BCUT2D eigenvalue weighted by atomic mass is 10.2. The summed E-state index contributed by atoms with van der Waals surface area (Å²) in [5.74, 6) is 1.63. The number of hydrogen-bond acceptors (Lipinski definition) is 6. The lowest BCUT2D eigenvalue weighted by molar-refractivity contribution is -0.114. The van der Waals surface area contributed by atoms with Gasteiger partial charge >= 0.3 is 0 Å². The van der Waals surface area contributed by atoms with Gasteiger partial charge in [0, 0.05) is 29.8 Å². The van der Waals surface area contributed by atoms with Crippen molar-refractivity contribution in [1.29, 1.82) is 0 Å². The quantitative estimate of drug-likeness (QED) is 0.633. The van der Waals surface area contributed by atoms with Crippen molar-refractivity contribution in [3.05, 3.63) is 59.9 Å². The zero-order valence-corrected chi connectivity index (χ0v) is 18.1. The number of aromatic nitrogens is 3. The van der Waals surface area contributed by atoms with Crippen molar-refractivity contribution in [1.82, 2.24) is 19.5 Å². The smallest absolute Gasteiger partial charge is 0.263 e. The number of rotatable bonds is 4. The number of hydrogen-bond donors (Lipinski definition) is 2. The van der Waals surface area contributed by atoms with Crippen LogP contribution in [0.4, 0.5) is 5.69 Å². The Labute approximate surface area is 185 Å². The predicted molar refractivity (Wildman–Crippen MR) is 120 cm³/mol. The van der Waals surface area contributed by atoms with Crippen LogP contribution >= 0.6 is 0 Å². The van der Waals surface area contributed by atoms with Gasteiger partial charge in [-0.25, -0.2) is 8.42 Å². The van der Waals surface area contributed by atoms with Gasteiger partial charge in [0.1, 0.15) is 18.2 Å². The van der Waals surface area contributed by atoms with E-state index in [1.54, 1.807) is 24.3 Å². The molecule has 164 valence electrons. The number of benzene rings is 2. The summed E-state index contributed by atoms with van der Waals surface area (Å²) in [5.41, 5.74) is 1.97. The number of sulfonamides is 1. The minimum Gasteiger partial charge on any atom is -0.324 e. The fourth-order valence-corrected chi connectivity index (χ4v) is 5.29. The van der Waals surface area contributed by atoms with E-state index in [1.807, 2.05) is 18.2 Å². The molecule has 10 heteroatoms. The van der Waals surface area contributed by atoms with Gasteiger partial charge in [-0.3, -0.25) is 14.5 Å². The zero-order valence-electron chi connectivity index (χ0n) is 17.3. The highest BCUT2D eigenvalue weighted by Gasteiger charge is 2.30. The fourth-order valence-electron chi connectivity index (χ4n) is 4.04. The van der Waals surface area contributed by atoms with Crippen LogP contribution < -0.4 is 10.0 Å². The van der Waals surface area contributed by atoms with Crippen LogP contribution in [-0.2, 0) is 27.8 Å². The van der Waals surface area contributed by atoms with Crippen molar-refractivity contribution in [2.24, 2.45) is 4.99 Å². The van der Waals surface area contributed by atoms with E-state index in [0.29, 0.717) is 11.3 Å². The molecule has 0 radical (unpaired) electrons. The number of aryl methyl sites for hydroxylation is 1. The average molecular weight is 451 g/mol. The predicted octanol–water partition coefficient (Wildman–Crippen LogP) is 2.35. The molecule has 1 amide bonds. The minimum atomic E-state index is -3.63. The molecule has 1 aromatic heterocycles. The Kier molecular flexibility index (Phi) is 5.22. The molecule has 0 atom stereocenters. The minimum absolute atomic E-state index is 0.166. The zero-order chi connectivity index (χ0) is 22.1. The lowest BCUT2D eigenvalue weighted by Gasteiger charge is -2.09. The standard InChI is InChI=1S/C22H22N6O3S/c29-20(14-23-21-17-9-3-4-10-18(17)32(30,31)27-21)24-16-8-6-7-15(13-16)22-26-25-19-11-2-1-5-12-28(19)22/h3-4,6-10,13H,1-2,5,11-12,14H2,(H,23,27)(H,24,29). The van der Waals surface area contributed by atoms with Crippen LogP contribution in [0.3, 0.4) is 0 Å². The maximum absolute atomic E-state index is 12.5. The second-order valence-electron chi connectivity index (χ2n) is 7.80. The van der Waals surface area contributed by atoms with Gasteiger partial charge < -0.3 is 9.88 Å². The Balaban J connectivity index is 1.31. The molecule has 32 heavy (non-hydrogen) atoms. The van der Waals surface area contributed by atoms with E-state index < -0.39 is 10.0 Å². The fraction of sp³-hybridized carbons (Fsp3) is 0.273. The highest BCUT2D eigenvalue weighted by molar-refractivity contribution is 7.90. The molecule has 0 unspecified atom stereocenters. The van der Waals surface area contributed by atoms with Gasteiger partial charge in [-0.1, -0.05) is 30.7 Å². The van der Waals surface area contributed by atoms with Gasteiger partial charge in [-0.2, -0.15) is 0 Å². The number of amides is 1. The van der Waals surface area contributed by atoms with E-state index in [1.165, 1.54) is 12.5 Å². The van der Waals surface area contributed by atoms with Crippen molar-refractivity contribution >= 4 is 27.5 Å². The molecule has 0 fully saturated rings. The van der Waals surface area contributed by atoms with E-state index in [4.69, 9.17) is 0 Å². The van der Waals surface area contributed by atoms with E-state index in [9.17, 15) is 13.2 Å². The first-order valence-electron chi connectivity index (χ1n) is 10.5. The van der Waals surface area contributed by atoms with Crippen LogP contribution in [0, 0.1) is 0 Å². The Hall–Kier alpha value is -3.53. The first-order valence-corrected chi connectivity index (χ1v) is 12.0. The summed E-state index contributed by atoms with van der Waals surface area (Å²) >= 11 is 0. The Morgan fingerprint density at radius 2 is 1.97 bits per heavy atom. The summed E-state index contributed by atoms with van der Waals surface area (Å²) < 4.78 is 28.9. The summed E-state index contributed by atoms with van der Waals surface area (Å²) in [5, 5.41) is 11.5. The molecule has 3 aromatic rings. The van der Waals surface area contributed by atoms with Gasteiger partial charge in [0.25, 0.3) is 10.0 Å². The molecular formula is C22H22N6O3S. The van der Waals surface area contributed by atoms with E-state index in [-0.39, 0.29) is 23.2 Å². The van der Waals surface area contributed by atoms with Crippen molar-refractivity contribution in [3.8, 4) is 11.4 Å². The lowest BCUT2D eigenvalue weighted by Crippen LogP contribution is -2.24. The number of carbonyl (C=O) groups excluding carboxylic acids is 1. The molecule has 9 nitrogen and oxygen atoms in total. The molecule has 2 N–H and O–H groups in total. The molecule has 0 saturated carbocycles. The van der Waals surface area contributed by atoms with E-state index in [2.05, 4.69) is 29.8 Å². The highest BCUT2D eigenvalue weighted by Crippen LogP contribution is 2.25. The van der Waals surface area contributed by atoms with Gasteiger partial charge in [-0.05, 0) is 37.1 Å². The third-order valence-electron chi connectivity index (χ3n) is 5.56. The molecule has 0 bridgehead atoms. The number of anilines is 1. The molecule has 2 aliphatic heterocycles. The van der Waals surface area contributed by atoms with Gasteiger partial charge in [-0.15, -0.1) is 10.2 Å². The average Bonchev–Trinajstić information content (AvgIpc) is 3.20. The van der Waals surface area contributed by atoms with Crippen LogP contribution in [0.5, 0.6) is 0 Å². The highest BCUT2D eigenvalue weighted by atomic mass is 32.2. The van der Waals surface area contributed by atoms with Crippen LogP contribution in [0.1, 0.15) is 30.7 Å². The summed E-state index contributed by atoms with van der Waals surface area (Å²) in [6.45, 7) is 0.680. The normalized spacial score (nSPS) is 17.8. The van der Waals surface area contributed by atoms with Gasteiger partial charge in [0.15, 0.2) is 5.82 Å². The third-order valence-corrected chi connectivity index (χ3v) is 6.95. The van der Waals surface area contributed by atoms with Crippen molar-refractivity contribution < 1.29 is 13.2 Å². The van der Waals surface area contributed by atoms with Crippen LogP contribution in [0.2, 0.25) is 0 Å². The molecule has 2 aliphatic rings. The Morgan fingerprint density at radius 1 is 1.09 bits per heavy atom. The van der Waals surface area contributed by atoms with Gasteiger partial charge in [0.2, 0.25) is 5.91 Å². The summed E-state index contributed by atoms with van der Waals surface area (Å²) in [6.07, 6.45) is 4.33. The molecule has 3 heterocycles. The first-order chi connectivity index (χ1) is 15.5. The maximum atomic E-state index is 12.5. The SMILES string of the molecule is O=C(CN=C1NS(=O)(=O)c2ccccc21)Nc1cccc(-c2nnc3n2CCCCC3)c1.